The lowest BCUT2D eigenvalue weighted by Crippen LogP contribution is -2.28. The van der Waals surface area contributed by atoms with Crippen LogP contribution in [0.5, 0.6) is 0 Å². The van der Waals surface area contributed by atoms with E-state index < -0.39 is 0 Å². The van der Waals surface area contributed by atoms with E-state index >= 15 is 0 Å². The molecule has 2 aromatic carbocycles. The van der Waals surface area contributed by atoms with Gasteiger partial charge >= 0.3 is 0 Å². The maximum Gasteiger partial charge on any atom is 0.251 e. The molecular weight excluding hydrogens is 234 g/mol. The molecule has 0 saturated heterocycles. The smallest absolute Gasteiger partial charge is 0.251 e. The molecule has 0 radical (unpaired) electrons. The summed E-state index contributed by atoms with van der Waals surface area (Å²) in [6.07, 6.45) is 0. The lowest BCUT2D eigenvalue weighted by atomic mass is 10.0. The monoisotopic (exact) mass is 253 g/mol. The van der Waals surface area contributed by atoms with E-state index in [1.807, 2.05) is 49.4 Å². The standard InChI is InChI=1S/C17H19NO/c1-13-8-6-7-11-16(13)17(19)18-12-14(2)15-9-4-3-5-10-15/h3-11,14H,12H2,1-2H3,(H,18,19)/t14-/m0/s1. The van der Waals surface area contributed by atoms with Crippen LogP contribution in [0.15, 0.2) is 54.6 Å². The zero-order chi connectivity index (χ0) is 13.7. The van der Waals surface area contributed by atoms with Gasteiger partial charge in [-0.15, -0.1) is 0 Å². The van der Waals surface area contributed by atoms with Gasteiger partial charge in [0.2, 0.25) is 0 Å². The molecule has 0 fully saturated rings. The van der Waals surface area contributed by atoms with Crippen LogP contribution in [0.3, 0.4) is 0 Å². The summed E-state index contributed by atoms with van der Waals surface area (Å²) in [6, 6.07) is 17.9. The first-order chi connectivity index (χ1) is 9.18. The lowest BCUT2D eigenvalue weighted by molar-refractivity contribution is 0.0951. The second-order valence-corrected chi connectivity index (χ2v) is 4.84. The summed E-state index contributed by atoms with van der Waals surface area (Å²) in [7, 11) is 0. The van der Waals surface area contributed by atoms with Gasteiger partial charge in [0.25, 0.3) is 5.91 Å². The summed E-state index contributed by atoms with van der Waals surface area (Å²) in [6.45, 7) is 4.72. The van der Waals surface area contributed by atoms with Gasteiger partial charge in [-0.2, -0.15) is 0 Å². The number of hydrogen-bond acceptors (Lipinski definition) is 1. The normalized spacial score (nSPS) is 11.9. The van der Waals surface area contributed by atoms with Gasteiger partial charge < -0.3 is 5.32 Å². The zero-order valence-electron chi connectivity index (χ0n) is 11.4. The Hall–Kier alpha value is -2.09. The van der Waals surface area contributed by atoms with E-state index in [0.29, 0.717) is 12.5 Å². The van der Waals surface area contributed by atoms with Crippen molar-refractivity contribution < 1.29 is 4.79 Å². The maximum atomic E-state index is 12.1. The van der Waals surface area contributed by atoms with Crippen LogP contribution in [0.1, 0.15) is 34.3 Å². The van der Waals surface area contributed by atoms with E-state index in [-0.39, 0.29) is 5.91 Å². The van der Waals surface area contributed by atoms with Crippen molar-refractivity contribution in [1.82, 2.24) is 5.32 Å². The van der Waals surface area contributed by atoms with Crippen molar-refractivity contribution in [2.45, 2.75) is 19.8 Å². The lowest BCUT2D eigenvalue weighted by Gasteiger charge is -2.13. The van der Waals surface area contributed by atoms with Crippen LogP contribution in [0.2, 0.25) is 0 Å². The van der Waals surface area contributed by atoms with Gasteiger partial charge in [0.1, 0.15) is 0 Å². The second-order valence-electron chi connectivity index (χ2n) is 4.84. The fourth-order valence-electron chi connectivity index (χ4n) is 2.07. The van der Waals surface area contributed by atoms with E-state index in [2.05, 4.69) is 24.4 Å². The molecule has 1 atom stereocenters. The van der Waals surface area contributed by atoms with Crippen molar-refractivity contribution in [3.8, 4) is 0 Å². The van der Waals surface area contributed by atoms with Crippen LogP contribution in [0.4, 0.5) is 0 Å². The number of aryl methyl sites for hydroxylation is 1. The molecule has 0 aromatic heterocycles. The Kier molecular flexibility index (Phi) is 4.35. The number of benzene rings is 2. The number of amides is 1. The molecule has 0 bridgehead atoms. The Balaban J connectivity index is 1.96. The van der Waals surface area contributed by atoms with Crippen LogP contribution in [0, 0.1) is 6.92 Å². The average Bonchev–Trinajstić information content (AvgIpc) is 2.46. The molecule has 1 amide bonds. The first kappa shape index (κ1) is 13.3. The van der Waals surface area contributed by atoms with Crippen LogP contribution in [0.25, 0.3) is 0 Å². The quantitative estimate of drug-likeness (QED) is 0.887. The van der Waals surface area contributed by atoms with Crippen LogP contribution in [-0.4, -0.2) is 12.5 Å². The molecule has 2 heteroatoms. The third-order valence-corrected chi connectivity index (χ3v) is 3.33. The van der Waals surface area contributed by atoms with E-state index in [1.165, 1.54) is 5.56 Å². The predicted octanol–water partition coefficient (Wildman–Crippen LogP) is 3.53. The molecule has 2 rings (SSSR count). The highest BCUT2D eigenvalue weighted by Crippen LogP contribution is 2.13. The van der Waals surface area contributed by atoms with Gasteiger partial charge in [-0.1, -0.05) is 55.5 Å². The summed E-state index contributed by atoms with van der Waals surface area (Å²) >= 11 is 0. The Morgan fingerprint density at radius 1 is 1.05 bits per heavy atom. The Labute approximate surface area is 114 Å². The Morgan fingerprint density at radius 3 is 2.37 bits per heavy atom. The van der Waals surface area contributed by atoms with Crippen molar-refractivity contribution in [2.75, 3.05) is 6.54 Å². The van der Waals surface area contributed by atoms with Gasteiger partial charge in [0.05, 0.1) is 0 Å². The summed E-state index contributed by atoms with van der Waals surface area (Å²) in [5, 5.41) is 3.00. The maximum absolute atomic E-state index is 12.1. The first-order valence-electron chi connectivity index (χ1n) is 6.57. The van der Waals surface area contributed by atoms with E-state index in [0.717, 1.165) is 11.1 Å². The molecule has 0 aliphatic rings. The van der Waals surface area contributed by atoms with Crippen molar-refractivity contribution in [1.29, 1.82) is 0 Å². The molecule has 0 spiro atoms. The largest absolute Gasteiger partial charge is 0.351 e. The number of hydrogen-bond donors (Lipinski definition) is 1. The van der Waals surface area contributed by atoms with Crippen molar-refractivity contribution >= 4 is 5.91 Å². The summed E-state index contributed by atoms with van der Waals surface area (Å²) in [5.74, 6) is 0.315. The molecule has 0 saturated carbocycles. The van der Waals surface area contributed by atoms with Crippen molar-refractivity contribution in [3.05, 3.63) is 71.3 Å². The van der Waals surface area contributed by atoms with E-state index in [1.54, 1.807) is 0 Å². The number of carbonyl (C=O) groups excluding carboxylic acids is 1. The molecule has 0 unspecified atom stereocenters. The average molecular weight is 253 g/mol. The fourth-order valence-corrected chi connectivity index (χ4v) is 2.07. The van der Waals surface area contributed by atoms with Gasteiger partial charge in [0.15, 0.2) is 0 Å². The van der Waals surface area contributed by atoms with E-state index in [4.69, 9.17) is 0 Å². The third-order valence-electron chi connectivity index (χ3n) is 3.33. The summed E-state index contributed by atoms with van der Waals surface area (Å²) < 4.78 is 0. The number of carbonyl (C=O) groups is 1. The molecule has 1 N–H and O–H groups in total. The van der Waals surface area contributed by atoms with Crippen LogP contribution in [-0.2, 0) is 0 Å². The van der Waals surface area contributed by atoms with Gasteiger partial charge in [-0.05, 0) is 30.0 Å². The topological polar surface area (TPSA) is 29.1 Å². The van der Waals surface area contributed by atoms with Gasteiger partial charge in [-0.25, -0.2) is 0 Å². The molecular formula is C17H19NO. The van der Waals surface area contributed by atoms with E-state index in [9.17, 15) is 4.79 Å². The highest BCUT2D eigenvalue weighted by molar-refractivity contribution is 5.95. The molecule has 0 heterocycles. The SMILES string of the molecule is Cc1ccccc1C(=O)NC[C@H](C)c1ccccc1. The summed E-state index contributed by atoms with van der Waals surface area (Å²) in [5.41, 5.74) is 3.00. The molecule has 0 aliphatic carbocycles. The van der Waals surface area contributed by atoms with Crippen LogP contribution >= 0.6 is 0 Å². The molecule has 98 valence electrons. The van der Waals surface area contributed by atoms with Crippen molar-refractivity contribution in [2.24, 2.45) is 0 Å². The number of nitrogens with one attached hydrogen (secondary N) is 1. The van der Waals surface area contributed by atoms with Crippen molar-refractivity contribution in [3.63, 3.8) is 0 Å². The first-order valence-corrected chi connectivity index (χ1v) is 6.57. The highest BCUT2D eigenvalue weighted by Gasteiger charge is 2.10. The zero-order valence-corrected chi connectivity index (χ0v) is 11.4. The minimum atomic E-state index is 0.000816. The minimum absolute atomic E-state index is 0.000816. The molecule has 19 heavy (non-hydrogen) atoms. The Morgan fingerprint density at radius 2 is 1.68 bits per heavy atom. The highest BCUT2D eigenvalue weighted by atomic mass is 16.1. The van der Waals surface area contributed by atoms with Gasteiger partial charge in [-0.3, -0.25) is 4.79 Å². The Bertz CT molecular complexity index is 548. The molecule has 2 aromatic rings. The fraction of sp³-hybridized carbons (Fsp3) is 0.235. The van der Waals surface area contributed by atoms with Gasteiger partial charge in [0, 0.05) is 12.1 Å². The third kappa shape index (κ3) is 3.44. The minimum Gasteiger partial charge on any atom is -0.351 e. The molecule has 0 aliphatic heterocycles. The number of rotatable bonds is 4. The van der Waals surface area contributed by atoms with Crippen LogP contribution < -0.4 is 5.32 Å². The second kappa shape index (κ2) is 6.19. The predicted molar refractivity (Wildman–Crippen MR) is 78.4 cm³/mol. The summed E-state index contributed by atoms with van der Waals surface area (Å²) in [4.78, 5) is 12.1. The molecule has 2 nitrogen and oxygen atoms in total.